The summed E-state index contributed by atoms with van der Waals surface area (Å²) in [6.07, 6.45) is 3.40. The molecule has 0 amide bonds. The van der Waals surface area contributed by atoms with Crippen LogP contribution in [0.4, 0.5) is 0 Å². The van der Waals surface area contributed by atoms with Gasteiger partial charge in [-0.25, -0.2) is 0 Å². The summed E-state index contributed by atoms with van der Waals surface area (Å²) >= 11 is 0. The zero-order valence-corrected chi connectivity index (χ0v) is 8.93. The molecule has 0 spiro atoms. The van der Waals surface area contributed by atoms with E-state index in [1.807, 2.05) is 13.0 Å². The van der Waals surface area contributed by atoms with Crippen molar-refractivity contribution in [1.29, 1.82) is 0 Å². The SMILES string of the molecule is COc1cnc(C)cc1-c1cnn(C)n1. The van der Waals surface area contributed by atoms with Crippen molar-refractivity contribution in [2.24, 2.45) is 7.05 Å². The Balaban J connectivity index is 2.55. The monoisotopic (exact) mass is 204 g/mol. The van der Waals surface area contributed by atoms with E-state index in [-0.39, 0.29) is 0 Å². The molecule has 0 aliphatic heterocycles. The maximum absolute atomic E-state index is 5.22. The number of aromatic nitrogens is 4. The first-order valence-corrected chi connectivity index (χ1v) is 4.58. The van der Waals surface area contributed by atoms with Gasteiger partial charge in [0.15, 0.2) is 0 Å². The minimum Gasteiger partial charge on any atom is -0.494 e. The number of aryl methyl sites for hydroxylation is 2. The molecule has 2 aromatic heterocycles. The van der Waals surface area contributed by atoms with Gasteiger partial charge in [-0.2, -0.15) is 15.0 Å². The first kappa shape index (κ1) is 9.64. The van der Waals surface area contributed by atoms with Crippen molar-refractivity contribution < 1.29 is 4.74 Å². The summed E-state index contributed by atoms with van der Waals surface area (Å²) in [4.78, 5) is 5.68. The molecule has 78 valence electrons. The molecule has 0 saturated carbocycles. The van der Waals surface area contributed by atoms with Gasteiger partial charge in [0.2, 0.25) is 0 Å². The van der Waals surface area contributed by atoms with Gasteiger partial charge in [-0.15, -0.1) is 0 Å². The van der Waals surface area contributed by atoms with Crippen molar-refractivity contribution >= 4 is 0 Å². The molecule has 0 aromatic carbocycles. The molecule has 2 heterocycles. The summed E-state index contributed by atoms with van der Waals surface area (Å²) in [5, 5.41) is 8.26. The molecular weight excluding hydrogens is 192 g/mol. The molecule has 0 bridgehead atoms. The van der Waals surface area contributed by atoms with Gasteiger partial charge in [-0.05, 0) is 13.0 Å². The predicted octanol–water partition coefficient (Wildman–Crippen LogP) is 1.19. The molecule has 15 heavy (non-hydrogen) atoms. The lowest BCUT2D eigenvalue weighted by molar-refractivity contribution is 0.414. The fourth-order valence-corrected chi connectivity index (χ4v) is 1.38. The number of methoxy groups -OCH3 is 1. The standard InChI is InChI=1S/C10H12N4O/c1-7-4-8(10(15-3)6-11-7)9-5-12-14(2)13-9/h4-6H,1-3H3. The lowest BCUT2D eigenvalue weighted by Gasteiger charge is -2.05. The molecule has 0 aliphatic carbocycles. The number of hydrogen-bond acceptors (Lipinski definition) is 4. The van der Waals surface area contributed by atoms with Crippen molar-refractivity contribution in [3.05, 3.63) is 24.2 Å². The van der Waals surface area contributed by atoms with Crippen LogP contribution in [0, 0.1) is 6.92 Å². The van der Waals surface area contributed by atoms with Gasteiger partial charge in [0, 0.05) is 18.3 Å². The van der Waals surface area contributed by atoms with Gasteiger partial charge in [0.05, 0.1) is 19.5 Å². The van der Waals surface area contributed by atoms with Gasteiger partial charge in [-0.3, -0.25) is 4.98 Å². The van der Waals surface area contributed by atoms with Crippen LogP contribution in [0.5, 0.6) is 5.75 Å². The molecule has 0 aliphatic rings. The fourth-order valence-electron chi connectivity index (χ4n) is 1.38. The zero-order valence-electron chi connectivity index (χ0n) is 8.93. The van der Waals surface area contributed by atoms with E-state index in [1.165, 1.54) is 4.80 Å². The zero-order chi connectivity index (χ0) is 10.8. The highest BCUT2D eigenvalue weighted by atomic mass is 16.5. The number of pyridine rings is 1. The molecule has 0 fully saturated rings. The van der Waals surface area contributed by atoms with Gasteiger partial charge >= 0.3 is 0 Å². The minimum absolute atomic E-state index is 0.709. The van der Waals surface area contributed by atoms with Gasteiger partial charge in [0.1, 0.15) is 11.4 Å². The third kappa shape index (κ3) is 1.81. The van der Waals surface area contributed by atoms with Crippen LogP contribution in [0.2, 0.25) is 0 Å². The van der Waals surface area contributed by atoms with Crippen LogP contribution < -0.4 is 4.74 Å². The topological polar surface area (TPSA) is 52.8 Å². The smallest absolute Gasteiger partial charge is 0.146 e. The molecule has 0 saturated heterocycles. The molecule has 5 heteroatoms. The van der Waals surface area contributed by atoms with Gasteiger partial charge in [-0.1, -0.05) is 0 Å². The van der Waals surface area contributed by atoms with Crippen LogP contribution in [0.25, 0.3) is 11.3 Å². The predicted molar refractivity (Wildman–Crippen MR) is 55.5 cm³/mol. The largest absolute Gasteiger partial charge is 0.494 e. The van der Waals surface area contributed by atoms with E-state index in [0.29, 0.717) is 5.75 Å². The van der Waals surface area contributed by atoms with Crippen LogP contribution in [-0.2, 0) is 7.05 Å². The van der Waals surface area contributed by atoms with Crippen molar-refractivity contribution in [2.45, 2.75) is 6.92 Å². The van der Waals surface area contributed by atoms with E-state index in [0.717, 1.165) is 17.0 Å². The van der Waals surface area contributed by atoms with Crippen LogP contribution >= 0.6 is 0 Å². The second-order valence-electron chi connectivity index (χ2n) is 3.25. The van der Waals surface area contributed by atoms with E-state index in [2.05, 4.69) is 15.2 Å². The highest BCUT2D eigenvalue weighted by Crippen LogP contribution is 2.27. The number of hydrogen-bond donors (Lipinski definition) is 0. The normalized spacial score (nSPS) is 10.3. The maximum Gasteiger partial charge on any atom is 0.146 e. The Morgan fingerprint density at radius 3 is 2.73 bits per heavy atom. The molecule has 0 radical (unpaired) electrons. The Morgan fingerprint density at radius 1 is 1.33 bits per heavy atom. The lowest BCUT2D eigenvalue weighted by Crippen LogP contribution is -1.94. The van der Waals surface area contributed by atoms with Gasteiger partial charge in [0.25, 0.3) is 0 Å². The number of rotatable bonds is 2. The van der Waals surface area contributed by atoms with Crippen molar-refractivity contribution in [3.8, 4) is 17.0 Å². The molecular formula is C10H12N4O. The van der Waals surface area contributed by atoms with Crippen LogP contribution in [-0.4, -0.2) is 27.1 Å². The Morgan fingerprint density at radius 2 is 2.13 bits per heavy atom. The van der Waals surface area contributed by atoms with E-state index in [1.54, 1.807) is 26.6 Å². The van der Waals surface area contributed by atoms with Crippen molar-refractivity contribution in [3.63, 3.8) is 0 Å². The minimum atomic E-state index is 0.709. The van der Waals surface area contributed by atoms with E-state index in [9.17, 15) is 0 Å². The number of nitrogens with zero attached hydrogens (tertiary/aromatic N) is 4. The molecule has 2 aromatic rings. The summed E-state index contributed by atoms with van der Waals surface area (Å²) < 4.78 is 5.22. The van der Waals surface area contributed by atoms with E-state index in [4.69, 9.17) is 4.74 Å². The first-order chi connectivity index (χ1) is 7.20. The molecule has 0 N–H and O–H groups in total. The Kier molecular flexibility index (Phi) is 2.37. The molecule has 5 nitrogen and oxygen atoms in total. The van der Waals surface area contributed by atoms with Gasteiger partial charge < -0.3 is 4.74 Å². The molecule has 2 rings (SSSR count). The van der Waals surface area contributed by atoms with Crippen molar-refractivity contribution in [2.75, 3.05) is 7.11 Å². The first-order valence-electron chi connectivity index (χ1n) is 4.58. The van der Waals surface area contributed by atoms with Crippen molar-refractivity contribution in [1.82, 2.24) is 20.0 Å². The molecule has 0 unspecified atom stereocenters. The van der Waals surface area contributed by atoms with E-state index < -0.39 is 0 Å². The number of ether oxygens (including phenoxy) is 1. The highest BCUT2D eigenvalue weighted by Gasteiger charge is 2.09. The summed E-state index contributed by atoms with van der Waals surface area (Å²) in [6.45, 7) is 1.93. The quantitative estimate of drug-likeness (QED) is 0.737. The summed E-state index contributed by atoms with van der Waals surface area (Å²) in [5.74, 6) is 0.709. The third-order valence-corrected chi connectivity index (χ3v) is 2.10. The maximum atomic E-state index is 5.22. The third-order valence-electron chi connectivity index (χ3n) is 2.10. The summed E-state index contributed by atoms with van der Waals surface area (Å²) in [7, 11) is 3.40. The van der Waals surface area contributed by atoms with Crippen LogP contribution in [0.1, 0.15) is 5.69 Å². The average molecular weight is 204 g/mol. The summed E-state index contributed by atoms with van der Waals surface area (Å²) in [6, 6.07) is 1.93. The van der Waals surface area contributed by atoms with Crippen LogP contribution in [0.3, 0.4) is 0 Å². The Hall–Kier alpha value is -1.91. The average Bonchev–Trinajstić information content (AvgIpc) is 2.65. The summed E-state index contributed by atoms with van der Waals surface area (Å²) in [5.41, 5.74) is 2.63. The second kappa shape index (κ2) is 3.68. The van der Waals surface area contributed by atoms with E-state index >= 15 is 0 Å². The highest BCUT2D eigenvalue weighted by molar-refractivity contribution is 5.65. The fraction of sp³-hybridized carbons (Fsp3) is 0.300. The second-order valence-corrected chi connectivity index (χ2v) is 3.25. The lowest BCUT2D eigenvalue weighted by atomic mass is 10.1. The van der Waals surface area contributed by atoms with Crippen LogP contribution in [0.15, 0.2) is 18.5 Å². The molecule has 0 atom stereocenters. The Bertz CT molecular complexity index is 478. The Labute approximate surface area is 87.7 Å².